The summed E-state index contributed by atoms with van der Waals surface area (Å²) in [6, 6.07) is 4.95. The number of hydrogen-bond acceptors (Lipinski definition) is 4. The maximum Gasteiger partial charge on any atom is 0.255 e. The summed E-state index contributed by atoms with van der Waals surface area (Å²) in [7, 11) is 0. The molecule has 4 rings (SSSR count). The molecule has 0 spiro atoms. The van der Waals surface area contributed by atoms with E-state index >= 15 is 0 Å². The van der Waals surface area contributed by atoms with Crippen molar-refractivity contribution in [3.63, 3.8) is 0 Å². The van der Waals surface area contributed by atoms with Gasteiger partial charge in [-0.05, 0) is 43.2 Å². The molecule has 144 valence electrons. The van der Waals surface area contributed by atoms with E-state index < -0.39 is 6.04 Å². The van der Waals surface area contributed by atoms with Crippen LogP contribution in [-0.2, 0) is 16.1 Å². The molecular weight excluding hydrogens is 344 g/mol. The number of nitrogens with zero attached hydrogens (tertiary/aromatic N) is 1. The molecule has 1 N–H and O–H groups in total. The van der Waals surface area contributed by atoms with Crippen LogP contribution in [0.1, 0.15) is 61.4 Å². The molecule has 3 aliphatic rings. The molecule has 6 nitrogen and oxygen atoms in total. The molecule has 27 heavy (non-hydrogen) atoms. The zero-order chi connectivity index (χ0) is 19.0. The van der Waals surface area contributed by atoms with Gasteiger partial charge in [0.15, 0.2) is 0 Å². The summed E-state index contributed by atoms with van der Waals surface area (Å²) in [5, 5.41) is 2.34. The maximum atomic E-state index is 12.8. The average molecular weight is 370 g/mol. The van der Waals surface area contributed by atoms with Crippen LogP contribution in [0.4, 0.5) is 0 Å². The molecule has 1 aromatic carbocycles. The highest BCUT2D eigenvalue weighted by Crippen LogP contribution is 2.35. The van der Waals surface area contributed by atoms with Crippen molar-refractivity contribution < 1.29 is 19.1 Å². The molecule has 2 heterocycles. The van der Waals surface area contributed by atoms with Crippen molar-refractivity contribution in [1.82, 2.24) is 10.2 Å². The highest BCUT2D eigenvalue weighted by Gasteiger charge is 2.40. The Morgan fingerprint density at radius 2 is 1.89 bits per heavy atom. The van der Waals surface area contributed by atoms with Crippen molar-refractivity contribution in [1.29, 1.82) is 0 Å². The van der Waals surface area contributed by atoms with Crippen molar-refractivity contribution >= 4 is 17.7 Å². The van der Waals surface area contributed by atoms with Crippen molar-refractivity contribution in [3.8, 4) is 5.75 Å². The lowest BCUT2D eigenvalue weighted by Crippen LogP contribution is -2.52. The van der Waals surface area contributed by atoms with Crippen LogP contribution in [0.25, 0.3) is 0 Å². The first-order valence-corrected chi connectivity index (χ1v) is 9.92. The molecule has 3 amide bonds. The first-order valence-electron chi connectivity index (χ1n) is 9.92. The molecule has 1 saturated carbocycles. The lowest BCUT2D eigenvalue weighted by molar-refractivity contribution is -0.136. The van der Waals surface area contributed by atoms with Gasteiger partial charge in [-0.2, -0.15) is 0 Å². The number of fused-ring (bicyclic) bond motifs is 1. The highest BCUT2D eigenvalue weighted by atomic mass is 16.5. The van der Waals surface area contributed by atoms with Crippen LogP contribution in [0.15, 0.2) is 18.2 Å². The second-order valence-electron chi connectivity index (χ2n) is 8.12. The highest BCUT2D eigenvalue weighted by molar-refractivity contribution is 6.05. The Balaban J connectivity index is 1.46. The van der Waals surface area contributed by atoms with Crippen LogP contribution in [0.2, 0.25) is 0 Å². The minimum Gasteiger partial charge on any atom is -0.493 e. The Morgan fingerprint density at radius 1 is 1.11 bits per heavy atom. The van der Waals surface area contributed by atoms with E-state index in [4.69, 9.17) is 4.74 Å². The lowest BCUT2D eigenvalue weighted by Gasteiger charge is -2.29. The first kappa shape index (κ1) is 18.0. The number of ether oxygens (including phenoxy) is 1. The van der Waals surface area contributed by atoms with Gasteiger partial charge < -0.3 is 9.64 Å². The van der Waals surface area contributed by atoms with Gasteiger partial charge in [-0.15, -0.1) is 0 Å². The van der Waals surface area contributed by atoms with Gasteiger partial charge in [0.25, 0.3) is 5.91 Å². The average Bonchev–Trinajstić information content (AvgIpc) is 2.99. The van der Waals surface area contributed by atoms with Crippen LogP contribution in [0, 0.1) is 11.8 Å². The molecule has 1 atom stereocenters. The summed E-state index contributed by atoms with van der Waals surface area (Å²) in [6.07, 6.45) is 5.53. The third-order valence-electron chi connectivity index (χ3n) is 6.15. The number of imide groups is 1. The van der Waals surface area contributed by atoms with Gasteiger partial charge in [0.05, 0.1) is 13.2 Å². The number of carbonyl (C=O) groups excluding carboxylic acids is 3. The fourth-order valence-electron chi connectivity index (χ4n) is 4.40. The minimum absolute atomic E-state index is 0.156. The fourth-order valence-corrected chi connectivity index (χ4v) is 4.40. The Labute approximate surface area is 159 Å². The molecule has 1 aliphatic carbocycles. The summed E-state index contributed by atoms with van der Waals surface area (Å²) < 4.78 is 6.12. The first-order chi connectivity index (χ1) is 13.0. The van der Waals surface area contributed by atoms with Gasteiger partial charge in [0.2, 0.25) is 11.8 Å². The summed E-state index contributed by atoms with van der Waals surface area (Å²) >= 11 is 0. The predicted octanol–water partition coefficient (Wildman–Crippen LogP) is 2.65. The molecule has 0 bridgehead atoms. The molecule has 0 aromatic heterocycles. The molecule has 0 radical (unpaired) electrons. The third-order valence-corrected chi connectivity index (χ3v) is 6.15. The van der Waals surface area contributed by atoms with E-state index in [9.17, 15) is 14.4 Å². The van der Waals surface area contributed by atoms with E-state index in [0.717, 1.165) is 17.2 Å². The fraction of sp³-hybridized carbons (Fsp3) is 0.571. The smallest absolute Gasteiger partial charge is 0.255 e. The van der Waals surface area contributed by atoms with Crippen LogP contribution >= 0.6 is 0 Å². The number of amides is 3. The Kier molecular flexibility index (Phi) is 4.89. The van der Waals surface area contributed by atoms with E-state index in [0.29, 0.717) is 31.1 Å². The molecule has 1 unspecified atom stereocenters. The summed E-state index contributed by atoms with van der Waals surface area (Å²) in [5.74, 6) is 1.31. The second kappa shape index (κ2) is 7.33. The van der Waals surface area contributed by atoms with E-state index in [1.807, 2.05) is 12.1 Å². The van der Waals surface area contributed by atoms with Gasteiger partial charge in [0, 0.05) is 17.5 Å². The Bertz CT molecular complexity index is 767. The number of rotatable bonds is 4. The molecule has 1 aromatic rings. The van der Waals surface area contributed by atoms with Gasteiger partial charge >= 0.3 is 0 Å². The van der Waals surface area contributed by atoms with E-state index in [1.165, 1.54) is 25.7 Å². The summed E-state index contributed by atoms with van der Waals surface area (Å²) in [6.45, 7) is 3.34. The molecule has 1 saturated heterocycles. The van der Waals surface area contributed by atoms with Crippen molar-refractivity contribution in [2.45, 2.75) is 58.0 Å². The summed E-state index contributed by atoms with van der Waals surface area (Å²) in [5.41, 5.74) is 1.46. The quantitative estimate of drug-likeness (QED) is 0.827. The van der Waals surface area contributed by atoms with Crippen LogP contribution in [0.3, 0.4) is 0 Å². The standard InChI is InChI=1S/C21H26N2O4/c1-13-5-7-14(8-6-13)12-27-18-4-2-3-15-16(18)11-23(21(15)26)17-9-10-19(24)22-20(17)25/h2-4,13-14,17H,5-12H2,1H3,(H,22,24,25). The van der Waals surface area contributed by atoms with E-state index in [-0.39, 0.29) is 24.1 Å². The molecular formula is C21H26N2O4. The molecule has 6 heteroatoms. The van der Waals surface area contributed by atoms with Gasteiger partial charge in [-0.25, -0.2) is 0 Å². The minimum atomic E-state index is -0.588. The van der Waals surface area contributed by atoms with Gasteiger partial charge in [-0.1, -0.05) is 25.8 Å². The predicted molar refractivity (Wildman–Crippen MR) is 99.1 cm³/mol. The zero-order valence-corrected chi connectivity index (χ0v) is 15.7. The van der Waals surface area contributed by atoms with Gasteiger partial charge in [-0.3, -0.25) is 19.7 Å². The topological polar surface area (TPSA) is 75.7 Å². The second-order valence-corrected chi connectivity index (χ2v) is 8.12. The van der Waals surface area contributed by atoms with Crippen molar-refractivity contribution in [3.05, 3.63) is 29.3 Å². The summed E-state index contributed by atoms with van der Waals surface area (Å²) in [4.78, 5) is 38.0. The monoisotopic (exact) mass is 370 g/mol. The molecule has 2 aliphatic heterocycles. The van der Waals surface area contributed by atoms with Crippen LogP contribution in [-0.4, -0.2) is 35.3 Å². The SMILES string of the molecule is CC1CCC(COc2cccc3c2CN(C2CCC(=O)NC2=O)C3=O)CC1. The zero-order valence-electron chi connectivity index (χ0n) is 15.7. The number of nitrogens with one attached hydrogen (secondary N) is 1. The van der Waals surface area contributed by atoms with Crippen LogP contribution < -0.4 is 10.1 Å². The molecule has 2 fully saturated rings. The number of piperidine rings is 1. The Hall–Kier alpha value is -2.37. The lowest BCUT2D eigenvalue weighted by atomic mass is 9.83. The Morgan fingerprint density at radius 3 is 2.63 bits per heavy atom. The third kappa shape index (κ3) is 3.57. The number of hydrogen-bond donors (Lipinski definition) is 1. The van der Waals surface area contributed by atoms with Crippen molar-refractivity contribution in [2.75, 3.05) is 6.61 Å². The number of benzene rings is 1. The largest absolute Gasteiger partial charge is 0.493 e. The van der Waals surface area contributed by atoms with Crippen LogP contribution in [0.5, 0.6) is 5.75 Å². The van der Waals surface area contributed by atoms with Gasteiger partial charge in [0.1, 0.15) is 11.8 Å². The van der Waals surface area contributed by atoms with Crippen molar-refractivity contribution in [2.24, 2.45) is 11.8 Å². The van der Waals surface area contributed by atoms with E-state index in [1.54, 1.807) is 11.0 Å². The normalized spacial score (nSPS) is 28.1. The van der Waals surface area contributed by atoms with E-state index in [2.05, 4.69) is 12.2 Å². The number of carbonyl (C=O) groups is 3. The maximum absolute atomic E-state index is 12.8.